The summed E-state index contributed by atoms with van der Waals surface area (Å²) in [6.45, 7) is 2.22. The topological polar surface area (TPSA) is 66.4 Å². The van der Waals surface area contributed by atoms with E-state index in [0.717, 1.165) is 32.1 Å². The van der Waals surface area contributed by atoms with Gasteiger partial charge in [-0.1, -0.05) is 32.6 Å². The van der Waals surface area contributed by atoms with Gasteiger partial charge in [0.05, 0.1) is 5.41 Å². The van der Waals surface area contributed by atoms with Gasteiger partial charge < -0.3 is 10.4 Å². The highest BCUT2D eigenvalue weighted by Crippen LogP contribution is 2.41. The summed E-state index contributed by atoms with van der Waals surface area (Å²) in [6, 6.07) is 0.253. The summed E-state index contributed by atoms with van der Waals surface area (Å²) in [4.78, 5) is 23.5. The van der Waals surface area contributed by atoms with Gasteiger partial charge in [0.1, 0.15) is 0 Å². The summed E-state index contributed by atoms with van der Waals surface area (Å²) in [6.07, 6.45) is 7.80. The Morgan fingerprint density at radius 2 is 1.89 bits per heavy atom. The largest absolute Gasteiger partial charge is 0.481 e. The monoisotopic (exact) mass is 267 g/mol. The zero-order valence-electron chi connectivity index (χ0n) is 11.8. The Hall–Kier alpha value is -1.06. The van der Waals surface area contributed by atoms with Crippen LogP contribution in [0.1, 0.15) is 64.7 Å². The molecule has 1 amide bonds. The van der Waals surface area contributed by atoms with E-state index < -0.39 is 11.4 Å². The van der Waals surface area contributed by atoms with Crippen LogP contribution in [0.5, 0.6) is 0 Å². The lowest BCUT2D eigenvalue weighted by Gasteiger charge is -2.29. The molecule has 0 spiro atoms. The summed E-state index contributed by atoms with van der Waals surface area (Å²) in [7, 11) is 0. The minimum Gasteiger partial charge on any atom is -0.481 e. The highest BCUT2D eigenvalue weighted by molar-refractivity contribution is 5.85. The maximum absolute atomic E-state index is 12.1. The third-order valence-electron chi connectivity index (χ3n) is 4.81. The number of carbonyl (C=O) groups excluding carboxylic acids is 1. The van der Waals surface area contributed by atoms with Crippen molar-refractivity contribution in [3.8, 4) is 0 Å². The number of carbonyl (C=O) groups is 2. The van der Waals surface area contributed by atoms with Gasteiger partial charge in [-0.3, -0.25) is 9.59 Å². The van der Waals surface area contributed by atoms with E-state index in [9.17, 15) is 14.7 Å². The lowest BCUT2D eigenvalue weighted by molar-refractivity contribution is -0.151. The van der Waals surface area contributed by atoms with Crippen LogP contribution in [0.25, 0.3) is 0 Å². The Bertz CT molecular complexity index is 347. The van der Waals surface area contributed by atoms with Gasteiger partial charge in [0.2, 0.25) is 5.91 Å². The number of hydrogen-bond acceptors (Lipinski definition) is 2. The van der Waals surface area contributed by atoms with Crippen molar-refractivity contribution in [1.29, 1.82) is 0 Å². The average molecular weight is 267 g/mol. The molecule has 4 nitrogen and oxygen atoms in total. The quantitative estimate of drug-likeness (QED) is 0.823. The normalized spacial score (nSPS) is 29.9. The first-order valence-corrected chi connectivity index (χ1v) is 7.55. The first kappa shape index (κ1) is 14.4. The van der Waals surface area contributed by atoms with Gasteiger partial charge in [-0.25, -0.2) is 0 Å². The van der Waals surface area contributed by atoms with Crippen LogP contribution < -0.4 is 5.32 Å². The van der Waals surface area contributed by atoms with Crippen LogP contribution in [0.4, 0.5) is 0 Å². The minimum absolute atomic E-state index is 0.0663. The third-order valence-corrected chi connectivity index (χ3v) is 4.81. The fourth-order valence-corrected chi connectivity index (χ4v) is 3.67. The molecule has 0 aromatic rings. The van der Waals surface area contributed by atoms with Crippen LogP contribution in [-0.4, -0.2) is 23.0 Å². The number of carboxylic acids is 1. The molecular formula is C15H25NO3. The summed E-state index contributed by atoms with van der Waals surface area (Å²) in [5, 5.41) is 12.4. The Labute approximate surface area is 115 Å². The van der Waals surface area contributed by atoms with E-state index in [4.69, 9.17) is 0 Å². The van der Waals surface area contributed by atoms with Crippen molar-refractivity contribution in [2.45, 2.75) is 70.8 Å². The summed E-state index contributed by atoms with van der Waals surface area (Å²) in [5.74, 6) is -0.195. The van der Waals surface area contributed by atoms with E-state index in [1.165, 1.54) is 6.42 Å². The van der Waals surface area contributed by atoms with Gasteiger partial charge in [0.25, 0.3) is 0 Å². The zero-order valence-corrected chi connectivity index (χ0v) is 11.8. The van der Waals surface area contributed by atoms with Crippen molar-refractivity contribution in [3.05, 3.63) is 0 Å². The molecule has 0 radical (unpaired) electrons. The predicted octanol–water partition coefficient (Wildman–Crippen LogP) is 2.72. The van der Waals surface area contributed by atoms with Crippen LogP contribution in [0.3, 0.4) is 0 Å². The van der Waals surface area contributed by atoms with Gasteiger partial charge >= 0.3 is 5.97 Å². The van der Waals surface area contributed by atoms with Gasteiger partial charge in [-0.15, -0.1) is 0 Å². The molecule has 2 unspecified atom stereocenters. The van der Waals surface area contributed by atoms with Crippen LogP contribution in [0.2, 0.25) is 0 Å². The van der Waals surface area contributed by atoms with Gasteiger partial charge in [-0.2, -0.15) is 0 Å². The SMILES string of the molecule is CC1CCCC(NC(=O)CC2(C(=O)O)CCCC2)C1. The molecule has 0 aromatic heterocycles. The highest BCUT2D eigenvalue weighted by atomic mass is 16.4. The first-order chi connectivity index (χ1) is 9.02. The third kappa shape index (κ3) is 3.48. The molecule has 2 N–H and O–H groups in total. The molecule has 0 aliphatic heterocycles. The Kier molecular flexibility index (Phi) is 4.48. The summed E-state index contributed by atoms with van der Waals surface area (Å²) >= 11 is 0. The van der Waals surface area contributed by atoms with Crippen molar-refractivity contribution in [3.63, 3.8) is 0 Å². The molecule has 108 valence electrons. The average Bonchev–Trinajstić information content (AvgIpc) is 2.78. The molecule has 2 aliphatic rings. The van der Waals surface area contributed by atoms with Crippen molar-refractivity contribution in [1.82, 2.24) is 5.32 Å². The molecule has 2 fully saturated rings. The number of nitrogens with one attached hydrogen (secondary N) is 1. The minimum atomic E-state index is -0.794. The number of amides is 1. The molecular weight excluding hydrogens is 242 g/mol. The van der Waals surface area contributed by atoms with Crippen LogP contribution in [0, 0.1) is 11.3 Å². The Morgan fingerprint density at radius 1 is 1.21 bits per heavy atom. The molecule has 2 saturated carbocycles. The predicted molar refractivity (Wildman–Crippen MR) is 72.7 cm³/mol. The second kappa shape index (κ2) is 5.93. The van der Waals surface area contributed by atoms with Crippen molar-refractivity contribution < 1.29 is 14.7 Å². The summed E-state index contributed by atoms with van der Waals surface area (Å²) < 4.78 is 0. The van der Waals surface area contributed by atoms with Crippen molar-refractivity contribution in [2.24, 2.45) is 11.3 Å². The standard InChI is InChI=1S/C15H25NO3/c1-11-5-4-6-12(9-11)16-13(17)10-15(14(18)19)7-2-3-8-15/h11-12H,2-10H2,1H3,(H,16,17)(H,18,19). The van der Waals surface area contributed by atoms with Crippen LogP contribution in [0.15, 0.2) is 0 Å². The number of carboxylic acid groups (broad SMARTS) is 1. The zero-order chi connectivity index (χ0) is 13.9. The van der Waals surface area contributed by atoms with Gasteiger partial charge in [-0.05, 0) is 31.6 Å². The van der Waals surface area contributed by atoms with Crippen molar-refractivity contribution >= 4 is 11.9 Å². The molecule has 2 atom stereocenters. The first-order valence-electron chi connectivity index (χ1n) is 7.55. The fraction of sp³-hybridized carbons (Fsp3) is 0.867. The molecule has 4 heteroatoms. The van der Waals surface area contributed by atoms with Gasteiger partial charge in [0, 0.05) is 12.5 Å². The number of aliphatic carboxylic acids is 1. The van der Waals surface area contributed by atoms with E-state index in [0.29, 0.717) is 18.8 Å². The van der Waals surface area contributed by atoms with Crippen LogP contribution in [-0.2, 0) is 9.59 Å². The maximum atomic E-state index is 12.1. The van der Waals surface area contributed by atoms with Gasteiger partial charge in [0.15, 0.2) is 0 Å². The molecule has 19 heavy (non-hydrogen) atoms. The highest BCUT2D eigenvalue weighted by Gasteiger charge is 2.43. The molecule has 2 rings (SSSR count). The van der Waals surface area contributed by atoms with E-state index in [2.05, 4.69) is 12.2 Å². The number of hydrogen-bond donors (Lipinski definition) is 2. The van der Waals surface area contributed by atoms with Crippen LogP contribution >= 0.6 is 0 Å². The fourth-order valence-electron chi connectivity index (χ4n) is 3.67. The molecule has 0 bridgehead atoms. The van der Waals surface area contributed by atoms with E-state index in [-0.39, 0.29) is 18.4 Å². The number of rotatable bonds is 4. The molecule has 0 aromatic carbocycles. The Morgan fingerprint density at radius 3 is 2.47 bits per heavy atom. The van der Waals surface area contributed by atoms with E-state index >= 15 is 0 Å². The lowest BCUT2D eigenvalue weighted by Crippen LogP contribution is -2.42. The molecule has 0 heterocycles. The molecule has 2 aliphatic carbocycles. The smallest absolute Gasteiger partial charge is 0.310 e. The Balaban J connectivity index is 1.87. The summed E-state index contributed by atoms with van der Waals surface area (Å²) in [5.41, 5.74) is -0.787. The second-order valence-electron chi connectivity index (χ2n) is 6.51. The van der Waals surface area contributed by atoms with Crippen molar-refractivity contribution in [2.75, 3.05) is 0 Å². The second-order valence-corrected chi connectivity index (χ2v) is 6.51. The van der Waals surface area contributed by atoms with E-state index in [1.807, 2.05) is 0 Å². The maximum Gasteiger partial charge on any atom is 0.310 e. The van der Waals surface area contributed by atoms with E-state index in [1.54, 1.807) is 0 Å². The lowest BCUT2D eigenvalue weighted by atomic mass is 9.82. The molecule has 0 saturated heterocycles.